The fourth-order valence-electron chi connectivity index (χ4n) is 4.00. The lowest BCUT2D eigenvalue weighted by molar-refractivity contribution is -0.133. The van der Waals surface area contributed by atoms with E-state index in [1.54, 1.807) is 0 Å². The Morgan fingerprint density at radius 1 is 1.07 bits per heavy atom. The van der Waals surface area contributed by atoms with Crippen LogP contribution >= 0.6 is 0 Å². The highest BCUT2D eigenvalue weighted by Crippen LogP contribution is 2.18. The maximum absolute atomic E-state index is 12.6. The monoisotopic (exact) mass is 411 g/mol. The van der Waals surface area contributed by atoms with Crippen molar-refractivity contribution < 1.29 is 9.59 Å². The number of hydrogen-bond acceptors (Lipinski definition) is 4. The fourth-order valence-corrected chi connectivity index (χ4v) is 4.00. The Morgan fingerprint density at radius 2 is 1.77 bits per heavy atom. The first kappa shape index (κ1) is 22.0. The first-order chi connectivity index (χ1) is 14.3. The molecule has 0 aliphatic carbocycles. The van der Waals surface area contributed by atoms with Crippen molar-refractivity contribution in [3.63, 3.8) is 0 Å². The zero-order valence-corrected chi connectivity index (χ0v) is 18.8. The van der Waals surface area contributed by atoms with E-state index >= 15 is 0 Å². The molecule has 1 aromatic carbocycles. The molecule has 1 aliphatic rings. The summed E-state index contributed by atoms with van der Waals surface area (Å²) in [6, 6.07) is 5.93. The van der Waals surface area contributed by atoms with Crippen LogP contribution in [0, 0.1) is 27.7 Å². The van der Waals surface area contributed by atoms with Crippen LogP contribution in [-0.2, 0) is 23.1 Å². The number of piperazine rings is 1. The van der Waals surface area contributed by atoms with Gasteiger partial charge in [0.2, 0.25) is 11.8 Å². The van der Waals surface area contributed by atoms with Crippen LogP contribution in [0.4, 0.5) is 5.69 Å². The van der Waals surface area contributed by atoms with Crippen LogP contribution in [-0.4, -0.2) is 64.1 Å². The molecule has 1 fully saturated rings. The average Bonchev–Trinajstić information content (AvgIpc) is 2.95. The van der Waals surface area contributed by atoms with Crippen molar-refractivity contribution in [1.29, 1.82) is 0 Å². The Balaban J connectivity index is 1.44. The van der Waals surface area contributed by atoms with Gasteiger partial charge in [0, 0.05) is 51.0 Å². The lowest BCUT2D eigenvalue weighted by Crippen LogP contribution is -2.50. The summed E-state index contributed by atoms with van der Waals surface area (Å²) in [5.74, 6) is 0.170. The van der Waals surface area contributed by atoms with E-state index in [2.05, 4.69) is 15.3 Å². The maximum Gasteiger partial charge on any atom is 0.238 e. The Labute approximate surface area is 179 Å². The second kappa shape index (κ2) is 9.43. The van der Waals surface area contributed by atoms with Crippen LogP contribution < -0.4 is 5.32 Å². The number of carbonyl (C=O) groups excluding carboxylic acids is 2. The largest absolute Gasteiger partial charge is 0.340 e. The van der Waals surface area contributed by atoms with Gasteiger partial charge in [0.15, 0.2) is 0 Å². The van der Waals surface area contributed by atoms with Crippen LogP contribution in [0.1, 0.15) is 34.5 Å². The summed E-state index contributed by atoms with van der Waals surface area (Å²) in [5.41, 5.74) is 6.43. The third-order valence-corrected chi connectivity index (χ3v) is 6.22. The second-order valence-corrected chi connectivity index (χ2v) is 8.23. The number of aromatic nitrogens is 2. The van der Waals surface area contributed by atoms with Crippen LogP contribution in [0.5, 0.6) is 0 Å². The quantitative estimate of drug-likeness (QED) is 0.792. The van der Waals surface area contributed by atoms with Gasteiger partial charge in [0.05, 0.1) is 12.2 Å². The third-order valence-electron chi connectivity index (χ3n) is 6.22. The highest BCUT2D eigenvalue weighted by molar-refractivity contribution is 5.93. The summed E-state index contributed by atoms with van der Waals surface area (Å²) in [5, 5.41) is 7.44. The summed E-state index contributed by atoms with van der Waals surface area (Å²) in [7, 11) is 1.93. The minimum Gasteiger partial charge on any atom is -0.340 e. The zero-order chi connectivity index (χ0) is 21.8. The maximum atomic E-state index is 12.6. The zero-order valence-electron chi connectivity index (χ0n) is 18.8. The second-order valence-electron chi connectivity index (χ2n) is 8.23. The molecule has 0 atom stereocenters. The molecule has 1 aliphatic heterocycles. The molecule has 7 heteroatoms. The highest BCUT2D eigenvalue weighted by Gasteiger charge is 2.23. The van der Waals surface area contributed by atoms with E-state index in [0.717, 1.165) is 47.7 Å². The van der Waals surface area contributed by atoms with Crippen molar-refractivity contribution in [2.24, 2.45) is 7.05 Å². The molecule has 0 radical (unpaired) electrons. The number of carbonyl (C=O) groups is 2. The number of amides is 2. The summed E-state index contributed by atoms with van der Waals surface area (Å²) in [4.78, 5) is 29.1. The molecule has 1 saturated heterocycles. The van der Waals surface area contributed by atoms with Gasteiger partial charge in [-0.05, 0) is 56.9 Å². The van der Waals surface area contributed by atoms with Crippen molar-refractivity contribution in [3.8, 4) is 0 Å². The van der Waals surface area contributed by atoms with E-state index in [9.17, 15) is 9.59 Å². The number of aryl methyl sites for hydroxylation is 3. The number of nitrogens with one attached hydrogen (secondary N) is 1. The Morgan fingerprint density at radius 3 is 2.40 bits per heavy atom. The van der Waals surface area contributed by atoms with Gasteiger partial charge in [0.25, 0.3) is 0 Å². The molecule has 0 bridgehead atoms. The summed E-state index contributed by atoms with van der Waals surface area (Å²) in [6.07, 6.45) is 1.23. The van der Waals surface area contributed by atoms with Crippen molar-refractivity contribution in [1.82, 2.24) is 19.6 Å². The molecular weight excluding hydrogens is 378 g/mol. The molecule has 2 heterocycles. The predicted molar refractivity (Wildman–Crippen MR) is 119 cm³/mol. The van der Waals surface area contributed by atoms with Crippen molar-refractivity contribution >= 4 is 17.5 Å². The normalized spacial score (nSPS) is 14.8. The first-order valence-electron chi connectivity index (χ1n) is 10.6. The molecule has 2 aromatic rings. The first-order valence-corrected chi connectivity index (χ1v) is 10.6. The van der Waals surface area contributed by atoms with Gasteiger partial charge in [-0.1, -0.05) is 12.1 Å². The molecule has 1 N–H and O–H groups in total. The lowest BCUT2D eigenvalue weighted by Gasteiger charge is -2.34. The molecular formula is C23H33N5O2. The molecule has 3 rings (SSSR count). The number of benzene rings is 1. The fraction of sp³-hybridized carbons (Fsp3) is 0.522. The number of nitrogens with zero attached hydrogens (tertiary/aromatic N) is 4. The van der Waals surface area contributed by atoms with Crippen LogP contribution in [0.15, 0.2) is 18.2 Å². The van der Waals surface area contributed by atoms with Gasteiger partial charge in [0.1, 0.15) is 0 Å². The summed E-state index contributed by atoms with van der Waals surface area (Å²) < 4.78 is 1.87. The molecule has 7 nitrogen and oxygen atoms in total. The van der Waals surface area contributed by atoms with Gasteiger partial charge in [-0.25, -0.2) is 0 Å². The van der Waals surface area contributed by atoms with Gasteiger partial charge >= 0.3 is 0 Å². The minimum atomic E-state index is -0.00833. The SMILES string of the molecule is Cc1cccc(NC(=O)CN2CCN(C(=O)CCc3c(C)nn(C)c3C)CC2)c1C. The number of hydrogen-bond donors (Lipinski definition) is 1. The Hall–Kier alpha value is -2.67. The van der Waals surface area contributed by atoms with E-state index in [1.807, 2.05) is 62.5 Å². The van der Waals surface area contributed by atoms with E-state index in [-0.39, 0.29) is 11.8 Å². The molecule has 0 saturated carbocycles. The van der Waals surface area contributed by atoms with Gasteiger partial charge in [-0.15, -0.1) is 0 Å². The number of rotatable bonds is 6. The molecule has 0 spiro atoms. The predicted octanol–water partition coefficient (Wildman–Crippen LogP) is 2.37. The topological polar surface area (TPSA) is 70.5 Å². The standard InChI is InChI=1S/C23H33N5O2/c1-16-7-6-8-21(17(16)2)24-22(29)15-27-11-13-28(14-12-27)23(30)10-9-20-18(3)25-26(5)19(20)4/h6-8H,9-15H2,1-5H3,(H,24,29). The van der Waals surface area contributed by atoms with Crippen LogP contribution in [0.25, 0.3) is 0 Å². The number of anilines is 1. The molecule has 30 heavy (non-hydrogen) atoms. The Bertz CT molecular complexity index is 926. The Kier molecular flexibility index (Phi) is 6.92. The average molecular weight is 412 g/mol. The van der Waals surface area contributed by atoms with Gasteiger partial charge in [-0.2, -0.15) is 5.10 Å². The molecule has 2 amide bonds. The summed E-state index contributed by atoms with van der Waals surface area (Å²) >= 11 is 0. The summed E-state index contributed by atoms with van der Waals surface area (Å²) in [6.45, 7) is 11.2. The van der Waals surface area contributed by atoms with E-state index in [4.69, 9.17) is 0 Å². The lowest BCUT2D eigenvalue weighted by atomic mass is 10.1. The molecule has 1 aromatic heterocycles. The highest BCUT2D eigenvalue weighted by atomic mass is 16.2. The van der Waals surface area contributed by atoms with Gasteiger partial charge < -0.3 is 10.2 Å². The van der Waals surface area contributed by atoms with Crippen molar-refractivity contribution in [2.75, 3.05) is 38.0 Å². The minimum absolute atomic E-state index is 0.00833. The van der Waals surface area contributed by atoms with E-state index in [0.29, 0.717) is 26.1 Å². The van der Waals surface area contributed by atoms with Crippen LogP contribution in [0.3, 0.4) is 0 Å². The molecule has 162 valence electrons. The molecule has 0 unspecified atom stereocenters. The van der Waals surface area contributed by atoms with Crippen molar-refractivity contribution in [2.45, 2.75) is 40.5 Å². The van der Waals surface area contributed by atoms with Crippen molar-refractivity contribution in [3.05, 3.63) is 46.3 Å². The van der Waals surface area contributed by atoms with E-state index in [1.165, 1.54) is 5.56 Å². The third kappa shape index (κ3) is 5.08. The van der Waals surface area contributed by atoms with Gasteiger partial charge in [-0.3, -0.25) is 19.2 Å². The smallest absolute Gasteiger partial charge is 0.238 e. The van der Waals surface area contributed by atoms with Crippen LogP contribution in [0.2, 0.25) is 0 Å². The van der Waals surface area contributed by atoms with E-state index < -0.39 is 0 Å².